The average molecular weight is 508 g/mol. The fourth-order valence-electron chi connectivity index (χ4n) is 5.17. The minimum Gasteiger partial charge on any atom is -0.394 e. The van der Waals surface area contributed by atoms with E-state index in [0.29, 0.717) is 31.9 Å². The van der Waals surface area contributed by atoms with Gasteiger partial charge in [0.2, 0.25) is 5.91 Å². The number of hydrogen-bond acceptors (Lipinski definition) is 7. The zero-order valence-electron chi connectivity index (χ0n) is 21.0. The Bertz CT molecular complexity index is 1220. The third-order valence-electron chi connectivity index (χ3n) is 7.26. The number of benzene rings is 1. The second-order valence-electron chi connectivity index (χ2n) is 9.57. The van der Waals surface area contributed by atoms with Crippen LogP contribution in [0.5, 0.6) is 0 Å². The van der Waals surface area contributed by atoms with Crippen molar-refractivity contribution < 1.29 is 14.3 Å². The normalized spacial score (nSPS) is 17.8. The van der Waals surface area contributed by atoms with Crippen molar-refractivity contribution in [1.82, 2.24) is 29.3 Å². The molecule has 0 radical (unpaired) electrons. The molecular weight excluding hydrogens is 473 g/mol. The number of rotatable bonds is 9. The van der Waals surface area contributed by atoms with Crippen molar-refractivity contribution in [2.24, 2.45) is 0 Å². The summed E-state index contributed by atoms with van der Waals surface area (Å²) in [4.78, 5) is 23.7. The van der Waals surface area contributed by atoms with Gasteiger partial charge in [0.25, 0.3) is 0 Å². The number of nitrogens with zero attached hydrogens (tertiary/aromatic N) is 6. The summed E-state index contributed by atoms with van der Waals surface area (Å²) in [7, 11) is 0. The summed E-state index contributed by atoms with van der Waals surface area (Å²) >= 11 is 0. The van der Waals surface area contributed by atoms with Gasteiger partial charge in [-0.3, -0.25) is 14.6 Å². The summed E-state index contributed by atoms with van der Waals surface area (Å²) in [6, 6.07) is 9.51. The van der Waals surface area contributed by atoms with Crippen LogP contribution in [0, 0.1) is 0 Å². The Hall–Kier alpha value is -3.34. The third kappa shape index (κ3) is 5.82. The lowest BCUT2D eigenvalue weighted by atomic mass is 10.0. The minimum atomic E-state index is -0.301. The number of halogens is 1. The molecule has 2 N–H and O–H groups in total. The van der Waals surface area contributed by atoms with Crippen LogP contribution in [0.1, 0.15) is 22.7 Å². The number of fused-ring (bicyclic) bond motifs is 3. The molecule has 2 aromatic heterocycles. The summed E-state index contributed by atoms with van der Waals surface area (Å²) in [5.41, 5.74) is 4.06. The van der Waals surface area contributed by atoms with E-state index in [1.54, 1.807) is 6.08 Å². The van der Waals surface area contributed by atoms with Gasteiger partial charge in [-0.25, -0.2) is 13.9 Å². The molecule has 10 heteroatoms. The number of aliphatic hydroxyl groups excluding tert-OH is 1. The van der Waals surface area contributed by atoms with E-state index in [9.17, 15) is 14.3 Å². The molecule has 196 valence electrons. The van der Waals surface area contributed by atoms with Crippen LogP contribution >= 0.6 is 0 Å². The molecule has 37 heavy (non-hydrogen) atoms. The van der Waals surface area contributed by atoms with Crippen molar-refractivity contribution in [3.05, 3.63) is 71.7 Å². The highest BCUT2D eigenvalue weighted by Crippen LogP contribution is 2.30. The van der Waals surface area contributed by atoms with E-state index in [0.717, 1.165) is 54.9 Å². The highest BCUT2D eigenvalue weighted by Gasteiger charge is 2.25. The van der Waals surface area contributed by atoms with Gasteiger partial charge in [0.15, 0.2) is 5.82 Å². The van der Waals surface area contributed by atoms with E-state index in [4.69, 9.17) is 0 Å². The number of amides is 1. The van der Waals surface area contributed by atoms with Gasteiger partial charge in [-0.05, 0) is 23.1 Å². The first-order chi connectivity index (χ1) is 18.2. The van der Waals surface area contributed by atoms with Gasteiger partial charge in [0, 0.05) is 64.6 Å². The highest BCUT2D eigenvalue weighted by atomic mass is 19.1. The molecule has 2 aliphatic heterocycles. The van der Waals surface area contributed by atoms with Crippen LogP contribution in [0.25, 0.3) is 5.52 Å². The van der Waals surface area contributed by atoms with Crippen LogP contribution < -0.4 is 5.32 Å². The third-order valence-corrected chi connectivity index (χ3v) is 7.26. The molecular formula is C27H34FN7O2. The first-order valence-corrected chi connectivity index (χ1v) is 12.9. The molecule has 0 bridgehead atoms. The Labute approximate surface area is 216 Å². The maximum absolute atomic E-state index is 12.9. The lowest BCUT2D eigenvalue weighted by molar-refractivity contribution is -0.126. The summed E-state index contributed by atoms with van der Waals surface area (Å²) in [5, 5.41) is 17.8. The lowest BCUT2D eigenvalue weighted by Crippen LogP contribution is -2.46. The summed E-state index contributed by atoms with van der Waals surface area (Å²) in [6.45, 7) is 5.52. The quantitative estimate of drug-likeness (QED) is 0.428. The Morgan fingerprint density at radius 2 is 1.92 bits per heavy atom. The van der Waals surface area contributed by atoms with Gasteiger partial charge >= 0.3 is 0 Å². The topological polar surface area (TPSA) is 89.2 Å². The van der Waals surface area contributed by atoms with Gasteiger partial charge < -0.3 is 15.3 Å². The molecule has 3 aromatic rings. The summed E-state index contributed by atoms with van der Waals surface area (Å²) < 4.78 is 14.3. The molecule has 2 aliphatic rings. The Balaban J connectivity index is 1.23. The fraction of sp³-hybridized carbons (Fsp3) is 0.444. The van der Waals surface area contributed by atoms with Gasteiger partial charge in [-0.2, -0.15) is 5.10 Å². The van der Waals surface area contributed by atoms with Gasteiger partial charge in [0.1, 0.15) is 18.5 Å². The standard InChI is InChI=1S/C27H34FN7O2/c28-9-12-33-15-13-32(14-16-33)10-4-7-25(37)34-11-8-23-22(17-34)18-35-26(23)27(29-20-30-35)31-24(19-36)21-5-2-1-3-6-21/h1-7,18,20,24,36H,8-17,19H2,(H,29,30,31). The molecule has 1 atom stereocenters. The highest BCUT2D eigenvalue weighted by molar-refractivity contribution is 5.88. The minimum absolute atomic E-state index is 0.00539. The van der Waals surface area contributed by atoms with Crippen molar-refractivity contribution in [2.75, 3.05) is 64.4 Å². The van der Waals surface area contributed by atoms with E-state index in [2.05, 4.69) is 25.2 Å². The van der Waals surface area contributed by atoms with E-state index >= 15 is 0 Å². The van der Waals surface area contributed by atoms with Gasteiger partial charge in [0.05, 0.1) is 12.6 Å². The van der Waals surface area contributed by atoms with Crippen molar-refractivity contribution in [1.29, 1.82) is 0 Å². The molecule has 1 aromatic carbocycles. The summed E-state index contributed by atoms with van der Waals surface area (Å²) in [5.74, 6) is 0.677. The van der Waals surface area contributed by atoms with E-state index in [1.165, 1.54) is 6.33 Å². The maximum Gasteiger partial charge on any atom is 0.246 e. The first kappa shape index (κ1) is 25.3. The van der Waals surface area contributed by atoms with Crippen LogP contribution in [-0.2, 0) is 17.8 Å². The SMILES string of the molecule is O=C(C=CCN1CCN(CCF)CC1)N1CCc2c(cn3ncnc(NC(CO)c4ccccc4)c23)C1. The van der Waals surface area contributed by atoms with Crippen molar-refractivity contribution >= 4 is 17.2 Å². The number of carbonyl (C=O) groups excluding carboxylic acids is 1. The number of carbonyl (C=O) groups is 1. The zero-order valence-corrected chi connectivity index (χ0v) is 21.0. The predicted octanol–water partition coefficient (Wildman–Crippen LogP) is 1.90. The van der Waals surface area contributed by atoms with Crippen LogP contribution in [-0.4, -0.2) is 99.4 Å². The average Bonchev–Trinajstić information content (AvgIpc) is 3.32. The number of alkyl halides is 1. The Kier molecular flexibility index (Phi) is 8.08. The predicted molar refractivity (Wildman–Crippen MR) is 140 cm³/mol. The van der Waals surface area contributed by atoms with Crippen molar-refractivity contribution in [3.63, 3.8) is 0 Å². The molecule has 9 nitrogen and oxygen atoms in total. The van der Waals surface area contributed by atoms with Crippen molar-refractivity contribution in [3.8, 4) is 0 Å². The van der Waals surface area contributed by atoms with E-state index < -0.39 is 0 Å². The lowest BCUT2D eigenvalue weighted by Gasteiger charge is -2.33. The van der Waals surface area contributed by atoms with Crippen LogP contribution in [0.4, 0.5) is 10.2 Å². The van der Waals surface area contributed by atoms with Crippen LogP contribution in [0.3, 0.4) is 0 Å². The molecule has 1 saturated heterocycles. The second-order valence-corrected chi connectivity index (χ2v) is 9.57. The molecule has 1 unspecified atom stereocenters. The molecule has 0 spiro atoms. The number of anilines is 1. The first-order valence-electron chi connectivity index (χ1n) is 12.9. The zero-order chi connectivity index (χ0) is 25.6. The molecule has 5 rings (SSSR count). The molecule has 0 aliphatic carbocycles. The molecule has 0 saturated carbocycles. The largest absolute Gasteiger partial charge is 0.394 e. The Morgan fingerprint density at radius 3 is 2.68 bits per heavy atom. The second kappa shape index (κ2) is 11.8. The van der Waals surface area contributed by atoms with Gasteiger partial charge in [-0.15, -0.1) is 0 Å². The maximum atomic E-state index is 12.9. The number of aliphatic hydroxyl groups is 1. The molecule has 1 fully saturated rings. The fourth-order valence-corrected chi connectivity index (χ4v) is 5.17. The number of piperazine rings is 1. The van der Waals surface area contributed by atoms with Crippen molar-refractivity contribution in [2.45, 2.75) is 19.0 Å². The molecule has 1 amide bonds. The monoisotopic (exact) mass is 507 g/mol. The Morgan fingerprint density at radius 1 is 1.14 bits per heavy atom. The summed E-state index contributed by atoms with van der Waals surface area (Å²) in [6.07, 6.45) is 7.79. The smallest absolute Gasteiger partial charge is 0.246 e. The van der Waals surface area contributed by atoms with Gasteiger partial charge in [-0.1, -0.05) is 36.4 Å². The number of hydrogen-bond donors (Lipinski definition) is 2. The van der Waals surface area contributed by atoms with E-state index in [-0.39, 0.29) is 25.2 Å². The number of nitrogens with one attached hydrogen (secondary N) is 1. The van der Waals surface area contributed by atoms with E-state index in [1.807, 2.05) is 52.0 Å². The van der Waals surface area contributed by atoms with Crippen LogP contribution in [0.15, 0.2) is 55.0 Å². The number of aromatic nitrogens is 3. The molecule has 4 heterocycles. The van der Waals surface area contributed by atoms with Crippen LogP contribution in [0.2, 0.25) is 0 Å².